The van der Waals surface area contributed by atoms with E-state index in [1.165, 1.54) is 19.4 Å². The quantitative estimate of drug-likeness (QED) is 0.129. The first-order valence-corrected chi connectivity index (χ1v) is 11.2. The monoisotopic (exact) mass is 483 g/mol. The first kappa shape index (κ1) is 29.0. The zero-order chi connectivity index (χ0) is 25.8. The van der Waals surface area contributed by atoms with Crippen LogP contribution in [-0.4, -0.2) is 80.7 Å². The molecular weight excluding hydrogens is 446 g/mol. The Balaban J connectivity index is 2.97. The Hall–Kier alpha value is -3.03. The summed E-state index contributed by atoms with van der Waals surface area (Å²) in [5.74, 6) is -3.60. The van der Waals surface area contributed by atoms with Crippen molar-refractivity contribution in [3.63, 3.8) is 0 Å². The van der Waals surface area contributed by atoms with Crippen LogP contribution in [0.15, 0.2) is 12.5 Å². The number of aliphatic carboxylic acids is 1. The molecule has 0 saturated heterocycles. The SMILES string of the molecule is CC(C)C(N)C(=O)NC(Cc1cnc[nH]1)C(=O)NC(C(=O)NC(CCCCN)C(=O)O)C(C)O. The average Bonchev–Trinajstić information content (AvgIpc) is 3.28. The minimum absolute atomic E-state index is 0.0212. The van der Waals surface area contributed by atoms with Gasteiger partial charge in [-0.05, 0) is 38.6 Å². The van der Waals surface area contributed by atoms with Crippen molar-refractivity contribution in [1.29, 1.82) is 0 Å². The average molecular weight is 484 g/mol. The van der Waals surface area contributed by atoms with Crippen LogP contribution in [0.2, 0.25) is 0 Å². The first-order chi connectivity index (χ1) is 16.0. The molecule has 0 bridgehead atoms. The lowest BCUT2D eigenvalue weighted by molar-refractivity contribution is -0.143. The normalized spacial score (nSPS) is 15.6. The number of aromatic nitrogens is 2. The number of amides is 3. The van der Waals surface area contributed by atoms with E-state index in [4.69, 9.17) is 11.5 Å². The van der Waals surface area contributed by atoms with Gasteiger partial charge >= 0.3 is 5.97 Å². The number of nitrogens with zero attached hydrogens (tertiary/aromatic N) is 1. The molecule has 0 aromatic carbocycles. The summed E-state index contributed by atoms with van der Waals surface area (Å²) in [4.78, 5) is 56.5. The number of aliphatic hydroxyl groups excluding tert-OH is 1. The summed E-state index contributed by atoms with van der Waals surface area (Å²) in [5, 5.41) is 26.8. The minimum atomic E-state index is -1.45. The molecule has 5 atom stereocenters. The fourth-order valence-electron chi connectivity index (χ4n) is 3.07. The van der Waals surface area contributed by atoms with Gasteiger partial charge in [-0.1, -0.05) is 13.8 Å². The van der Waals surface area contributed by atoms with Gasteiger partial charge in [0, 0.05) is 18.3 Å². The second-order valence-corrected chi connectivity index (χ2v) is 8.52. The van der Waals surface area contributed by atoms with Gasteiger partial charge in [-0.25, -0.2) is 9.78 Å². The maximum Gasteiger partial charge on any atom is 0.326 e. The van der Waals surface area contributed by atoms with Gasteiger partial charge in [-0.3, -0.25) is 14.4 Å². The van der Waals surface area contributed by atoms with Gasteiger partial charge in [0.1, 0.15) is 18.1 Å². The third kappa shape index (κ3) is 9.45. The number of hydrogen-bond donors (Lipinski definition) is 8. The molecule has 0 spiro atoms. The summed E-state index contributed by atoms with van der Waals surface area (Å²) in [6.07, 6.45) is 2.78. The highest BCUT2D eigenvalue weighted by Crippen LogP contribution is 2.06. The van der Waals surface area contributed by atoms with Crippen molar-refractivity contribution in [3.8, 4) is 0 Å². The van der Waals surface area contributed by atoms with Crippen LogP contribution < -0.4 is 27.4 Å². The van der Waals surface area contributed by atoms with E-state index in [1.807, 2.05) is 0 Å². The molecule has 5 unspecified atom stereocenters. The molecule has 0 radical (unpaired) electrons. The van der Waals surface area contributed by atoms with Crippen molar-refractivity contribution < 1.29 is 29.4 Å². The Kier molecular flexibility index (Phi) is 12.2. The fraction of sp³-hybridized carbons (Fsp3) is 0.667. The summed E-state index contributed by atoms with van der Waals surface area (Å²) < 4.78 is 0. The predicted molar refractivity (Wildman–Crippen MR) is 123 cm³/mol. The van der Waals surface area contributed by atoms with Crippen LogP contribution in [0, 0.1) is 5.92 Å². The lowest BCUT2D eigenvalue weighted by Gasteiger charge is -2.26. The summed E-state index contributed by atoms with van der Waals surface area (Å²) in [6.45, 7) is 5.19. The Labute approximate surface area is 198 Å². The van der Waals surface area contributed by atoms with Crippen LogP contribution in [0.25, 0.3) is 0 Å². The van der Waals surface area contributed by atoms with Crippen LogP contribution in [0.5, 0.6) is 0 Å². The molecule has 1 aromatic rings. The smallest absolute Gasteiger partial charge is 0.326 e. The zero-order valence-corrected chi connectivity index (χ0v) is 19.8. The van der Waals surface area contributed by atoms with Crippen LogP contribution in [0.1, 0.15) is 45.7 Å². The summed E-state index contributed by atoms with van der Waals surface area (Å²) >= 11 is 0. The Morgan fingerprint density at radius 1 is 1.03 bits per heavy atom. The molecular formula is C21H37N7O6. The second-order valence-electron chi connectivity index (χ2n) is 8.52. The standard InChI is InChI=1S/C21H37N7O6/c1-11(2)16(23)19(31)27-15(8-13-9-24-10-25-13)18(30)28-17(12(3)29)20(32)26-14(21(33)34)6-4-5-7-22/h9-12,14-17,29H,4-8,22-23H2,1-3H3,(H,24,25)(H,26,32)(H,27,31)(H,28,30)(H,33,34). The molecule has 192 valence electrons. The van der Waals surface area contributed by atoms with Gasteiger partial charge in [0.15, 0.2) is 0 Å². The molecule has 10 N–H and O–H groups in total. The van der Waals surface area contributed by atoms with E-state index in [0.717, 1.165) is 0 Å². The second kappa shape index (κ2) is 14.3. The summed E-state index contributed by atoms with van der Waals surface area (Å²) in [7, 11) is 0. The Bertz CT molecular complexity index is 800. The van der Waals surface area contributed by atoms with Crippen molar-refractivity contribution in [2.45, 2.75) is 76.7 Å². The van der Waals surface area contributed by atoms with Crippen LogP contribution in [-0.2, 0) is 25.6 Å². The number of carboxylic acids is 1. The molecule has 1 rings (SSSR count). The van der Waals surface area contributed by atoms with Gasteiger partial charge in [0.25, 0.3) is 0 Å². The van der Waals surface area contributed by atoms with Gasteiger partial charge in [-0.15, -0.1) is 0 Å². The third-order valence-corrected chi connectivity index (χ3v) is 5.26. The van der Waals surface area contributed by atoms with E-state index in [-0.39, 0.29) is 18.8 Å². The fourth-order valence-corrected chi connectivity index (χ4v) is 3.07. The molecule has 34 heavy (non-hydrogen) atoms. The van der Waals surface area contributed by atoms with Crippen molar-refractivity contribution in [1.82, 2.24) is 25.9 Å². The number of hydrogen-bond acceptors (Lipinski definition) is 8. The molecule has 3 amide bonds. The highest BCUT2D eigenvalue weighted by molar-refractivity contribution is 5.94. The highest BCUT2D eigenvalue weighted by Gasteiger charge is 2.33. The van der Waals surface area contributed by atoms with Crippen LogP contribution in [0.4, 0.5) is 0 Å². The summed E-state index contributed by atoms with van der Waals surface area (Å²) in [6, 6.07) is -4.66. The third-order valence-electron chi connectivity index (χ3n) is 5.26. The first-order valence-electron chi connectivity index (χ1n) is 11.2. The molecule has 0 fully saturated rings. The maximum absolute atomic E-state index is 13.0. The number of aliphatic hydroxyl groups is 1. The molecule has 13 nitrogen and oxygen atoms in total. The molecule has 1 heterocycles. The summed E-state index contributed by atoms with van der Waals surface area (Å²) in [5.41, 5.74) is 11.8. The molecule has 1 aromatic heterocycles. The number of imidazole rings is 1. The van der Waals surface area contributed by atoms with Crippen molar-refractivity contribution >= 4 is 23.7 Å². The lowest BCUT2D eigenvalue weighted by atomic mass is 10.0. The molecule has 0 aliphatic heterocycles. The largest absolute Gasteiger partial charge is 0.480 e. The van der Waals surface area contributed by atoms with E-state index >= 15 is 0 Å². The van der Waals surface area contributed by atoms with Crippen molar-refractivity contribution in [3.05, 3.63) is 18.2 Å². The number of nitrogens with one attached hydrogen (secondary N) is 4. The van der Waals surface area contributed by atoms with E-state index in [9.17, 15) is 29.4 Å². The molecule has 0 aliphatic carbocycles. The Morgan fingerprint density at radius 2 is 1.68 bits per heavy atom. The van der Waals surface area contributed by atoms with Crippen LogP contribution in [0.3, 0.4) is 0 Å². The zero-order valence-electron chi connectivity index (χ0n) is 19.8. The molecule has 0 saturated carbocycles. The van der Waals surface area contributed by atoms with Gasteiger partial charge in [0.2, 0.25) is 17.7 Å². The van der Waals surface area contributed by atoms with E-state index in [0.29, 0.717) is 25.1 Å². The predicted octanol–water partition coefficient (Wildman–Crippen LogP) is -2.02. The van der Waals surface area contributed by atoms with Gasteiger partial charge < -0.3 is 42.6 Å². The van der Waals surface area contributed by atoms with Crippen molar-refractivity contribution in [2.24, 2.45) is 17.4 Å². The number of carboxylic acid groups (broad SMARTS) is 1. The van der Waals surface area contributed by atoms with Gasteiger partial charge in [0.05, 0.1) is 18.5 Å². The number of unbranched alkanes of at least 4 members (excludes halogenated alkanes) is 1. The lowest BCUT2D eigenvalue weighted by Crippen LogP contribution is -2.60. The number of rotatable bonds is 15. The molecule has 13 heteroatoms. The topological polar surface area (TPSA) is 226 Å². The number of carbonyl (C=O) groups is 4. The van der Waals surface area contributed by atoms with Gasteiger partial charge in [-0.2, -0.15) is 0 Å². The number of carbonyl (C=O) groups excluding carboxylic acids is 3. The molecule has 0 aliphatic rings. The van der Waals surface area contributed by atoms with E-state index in [2.05, 4.69) is 25.9 Å². The number of nitrogens with two attached hydrogens (primary N) is 2. The van der Waals surface area contributed by atoms with Crippen LogP contribution >= 0.6 is 0 Å². The minimum Gasteiger partial charge on any atom is -0.480 e. The highest BCUT2D eigenvalue weighted by atomic mass is 16.4. The maximum atomic E-state index is 13.0. The van der Waals surface area contributed by atoms with E-state index in [1.54, 1.807) is 13.8 Å². The number of aromatic amines is 1. The van der Waals surface area contributed by atoms with Crippen molar-refractivity contribution in [2.75, 3.05) is 6.54 Å². The number of H-pyrrole nitrogens is 1. The van der Waals surface area contributed by atoms with E-state index < -0.39 is 54.0 Å². The Morgan fingerprint density at radius 3 is 2.18 bits per heavy atom.